The van der Waals surface area contributed by atoms with Crippen LogP contribution in [0.3, 0.4) is 0 Å². The van der Waals surface area contributed by atoms with Crippen LogP contribution in [0.1, 0.15) is 37.1 Å². The van der Waals surface area contributed by atoms with Gasteiger partial charge in [-0.15, -0.1) is 11.8 Å². The fourth-order valence-electron chi connectivity index (χ4n) is 2.37. The van der Waals surface area contributed by atoms with E-state index in [9.17, 15) is 8.78 Å². The standard InChI is InChI=1S/C17H19F2NS/c1-11(13-7-9-14(21-3)10-8-13)20-12(2)17-15(18)5-4-6-16(17)19/h4-12,20H,1-3H3. The Hall–Kier alpha value is -1.39. The van der Waals surface area contributed by atoms with Crippen molar-refractivity contribution >= 4 is 11.8 Å². The van der Waals surface area contributed by atoms with Gasteiger partial charge in [0.15, 0.2) is 0 Å². The summed E-state index contributed by atoms with van der Waals surface area (Å²) in [5, 5.41) is 3.24. The summed E-state index contributed by atoms with van der Waals surface area (Å²) in [6.07, 6.45) is 2.03. The van der Waals surface area contributed by atoms with Crippen molar-refractivity contribution in [2.24, 2.45) is 0 Å². The maximum atomic E-state index is 13.8. The molecule has 0 aliphatic heterocycles. The molecule has 0 bridgehead atoms. The van der Waals surface area contributed by atoms with E-state index in [1.807, 2.05) is 37.4 Å². The average Bonchev–Trinajstić information content (AvgIpc) is 2.47. The Balaban J connectivity index is 2.12. The Morgan fingerprint density at radius 3 is 2.00 bits per heavy atom. The molecular weight excluding hydrogens is 288 g/mol. The van der Waals surface area contributed by atoms with Gasteiger partial charge in [0.25, 0.3) is 0 Å². The van der Waals surface area contributed by atoms with E-state index in [4.69, 9.17) is 0 Å². The van der Waals surface area contributed by atoms with E-state index in [-0.39, 0.29) is 11.6 Å². The van der Waals surface area contributed by atoms with E-state index in [0.717, 1.165) is 5.56 Å². The molecule has 0 saturated heterocycles. The number of halogens is 2. The van der Waals surface area contributed by atoms with Gasteiger partial charge >= 0.3 is 0 Å². The fraction of sp³-hybridized carbons (Fsp3) is 0.294. The fourth-order valence-corrected chi connectivity index (χ4v) is 2.78. The minimum absolute atomic E-state index is 0.00918. The van der Waals surface area contributed by atoms with Crippen LogP contribution in [0.15, 0.2) is 47.4 Å². The molecule has 0 heterocycles. The first-order valence-corrected chi connectivity index (χ1v) is 8.09. The average molecular weight is 307 g/mol. The van der Waals surface area contributed by atoms with Crippen LogP contribution in [0.2, 0.25) is 0 Å². The zero-order valence-electron chi connectivity index (χ0n) is 12.4. The quantitative estimate of drug-likeness (QED) is 0.771. The van der Waals surface area contributed by atoms with Crippen molar-refractivity contribution in [2.45, 2.75) is 30.8 Å². The molecule has 0 radical (unpaired) electrons. The molecule has 2 aromatic carbocycles. The first-order valence-electron chi connectivity index (χ1n) is 6.87. The highest BCUT2D eigenvalue weighted by atomic mass is 32.2. The monoisotopic (exact) mass is 307 g/mol. The van der Waals surface area contributed by atoms with Crippen LogP contribution in [0, 0.1) is 11.6 Å². The van der Waals surface area contributed by atoms with Crippen LogP contribution < -0.4 is 5.32 Å². The third-order valence-electron chi connectivity index (χ3n) is 3.55. The lowest BCUT2D eigenvalue weighted by Crippen LogP contribution is -2.24. The number of thioether (sulfide) groups is 1. The minimum Gasteiger partial charge on any atom is -0.303 e. The van der Waals surface area contributed by atoms with Gasteiger partial charge in [0.05, 0.1) is 0 Å². The highest BCUT2D eigenvalue weighted by molar-refractivity contribution is 7.98. The van der Waals surface area contributed by atoms with E-state index in [0.29, 0.717) is 0 Å². The SMILES string of the molecule is CSc1ccc(C(C)NC(C)c2c(F)cccc2F)cc1. The summed E-state index contributed by atoms with van der Waals surface area (Å²) in [6, 6.07) is 11.7. The highest BCUT2D eigenvalue weighted by Crippen LogP contribution is 2.25. The second-order valence-electron chi connectivity index (χ2n) is 5.02. The Labute approximate surface area is 128 Å². The second-order valence-corrected chi connectivity index (χ2v) is 5.90. The molecule has 0 amide bonds. The van der Waals surface area contributed by atoms with Crippen molar-refractivity contribution in [3.8, 4) is 0 Å². The van der Waals surface area contributed by atoms with Crippen LogP contribution in [0.5, 0.6) is 0 Å². The molecule has 2 rings (SSSR count). The van der Waals surface area contributed by atoms with E-state index >= 15 is 0 Å². The molecule has 0 fully saturated rings. The van der Waals surface area contributed by atoms with Crippen molar-refractivity contribution < 1.29 is 8.78 Å². The van der Waals surface area contributed by atoms with Gasteiger partial charge in [-0.1, -0.05) is 18.2 Å². The molecule has 2 atom stereocenters. The summed E-state index contributed by atoms with van der Waals surface area (Å²) in [5.74, 6) is -1.03. The van der Waals surface area contributed by atoms with E-state index < -0.39 is 17.7 Å². The third-order valence-corrected chi connectivity index (χ3v) is 4.29. The van der Waals surface area contributed by atoms with Crippen molar-refractivity contribution in [2.75, 3.05) is 6.26 Å². The van der Waals surface area contributed by atoms with Crippen LogP contribution in [-0.4, -0.2) is 6.26 Å². The molecule has 2 unspecified atom stereocenters. The maximum Gasteiger partial charge on any atom is 0.130 e. The predicted octanol–water partition coefficient (Wildman–Crippen LogP) is 5.10. The molecule has 1 nitrogen and oxygen atoms in total. The minimum atomic E-state index is -0.514. The lowest BCUT2D eigenvalue weighted by molar-refractivity contribution is 0.449. The van der Waals surface area contributed by atoms with Gasteiger partial charge in [-0.25, -0.2) is 8.78 Å². The van der Waals surface area contributed by atoms with Crippen molar-refractivity contribution in [1.82, 2.24) is 5.32 Å². The lowest BCUT2D eigenvalue weighted by atomic mass is 10.0. The molecule has 0 saturated carbocycles. The number of nitrogens with one attached hydrogen (secondary N) is 1. The van der Waals surface area contributed by atoms with Crippen molar-refractivity contribution in [1.29, 1.82) is 0 Å². The van der Waals surface area contributed by atoms with Gasteiger partial charge in [0, 0.05) is 22.5 Å². The Bertz CT molecular complexity index is 578. The van der Waals surface area contributed by atoms with Gasteiger partial charge < -0.3 is 5.32 Å². The zero-order chi connectivity index (χ0) is 15.4. The smallest absolute Gasteiger partial charge is 0.130 e. The molecule has 2 aromatic rings. The van der Waals surface area contributed by atoms with Crippen LogP contribution in [0.25, 0.3) is 0 Å². The second kappa shape index (κ2) is 7.05. The predicted molar refractivity (Wildman–Crippen MR) is 84.5 cm³/mol. The van der Waals surface area contributed by atoms with E-state index in [2.05, 4.69) is 5.32 Å². The Kier molecular flexibility index (Phi) is 5.37. The summed E-state index contributed by atoms with van der Waals surface area (Å²) in [5.41, 5.74) is 1.18. The summed E-state index contributed by atoms with van der Waals surface area (Å²) in [4.78, 5) is 1.19. The summed E-state index contributed by atoms with van der Waals surface area (Å²) in [6.45, 7) is 3.76. The molecule has 112 valence electrons. The zero-order valence-corrected chi connectivity index (χ0v) is 13.2. The summed E-state index contributed by atoms with van der Waals surface area (Å²) >= 11 is 1.68. The molecule has 21 heavy (non-hydrogen) atoms. The van der Waals surface area contributed by atoms with Gasteiger partial charge in [-0.3, -0.25) is 0 Å². The number of hydrogen-bond donors (Lipinski definition) is 1. The number of benzene rings is 2. The van der Waals surface area contributed by atoms with Crippen molar-refractivity contribution in [3.63, 3.8) is 0 Å². The molecule has 4 heteroatoms. The third kappa shape index (κ3) is 3.83. The topological polar surface area (TPSA) is 12.0 Å². The van der Waals surface area contributed by atoms with Crippen LogP contribution in [0.4, 0.5) is 8.78 Å². The van der Waals surface area contributed by atoms with E-state index in [1.54, 1.807) is 18.7 Å². The highest BCUT2D eigenvalue weighted by Gasteiger charge is 2.18. The Morgan fingerprint density at radius 1 is 0.905 bits per heavy atom. The van der Waals surface area contributed by atoms with E-state index in [1.165, 1.54) is 23.1 Å². The number of hydrogen-bond acceptors (Lipinski definition) is 2. The van der Waals surface area contributed by atoms with Crippen molar-refractivity contribution in [3.05, 3.63) is 65.2 Å². The molecule has 0 spiro atoms. The first kappa shape index (κ1) is 16.0. The van der Waals surface area contributed by atoms with Crippen LogP contribution >= 0.6 is 11.8 Å². The molecule has 1 N–H and O–H groups in total. The van der Waals surface area contributed by atoms with Gasteiger partial charge in [0.2, 0.25) is 0 Å². The molecular formula is C17H19F2NS. The first-order chi connectivity index (χ1) is 10.0. The maximum absolute atomic E-state index is 13.8. The van der Waals surface area contributed by atoms with Gasteiger partial charge in [-0.2, -0.15) is 0 Å². The van der Waals surface area contributed by atoms with Gasteiger partial charge in [0.1, 0.15) is 11.6 Å². The molecule has 0 aliphatic rings. The molecule has 0 aliphatic carbocycles. The Morgan fingerprint density at radius 2 is 1.48 bits per heavy atom. The van der Waals surface area contributed by atoms with Gasteiger partial charge in [-0.05, 0) is 49.9 Å². The summed E-state index contributed by atoms with van der Waals surface area (Å²) < 4.78 is 27.5. The molecule has 0 aromatic heterocycles. The van der Waals surface area contributed by atoms with Crippen LogP contribution in [-0.2, 0) is 0 Å². The number of rotatable bonds is 5. The lowest BCUT2D eigenvalue weighted by Gasteiger charge is -2.21. The summed E-state index contributed by atoms with van der Waals surface area (Å²) in [7, 11) is 0. The normalized spacial score (nSPS) is 14.0. The largest absolute Gasteiger partial charge is 0.303 e.